The number of ether oxygens (including phenoxy) is 1. The molecule has 0 aromatic carbocycles. The normalized spacial score (nSPS) is 12.5. The van der Waals surface area contributed by atoms with Crippen LogP contribution >= 0.6 is 0 Å². The number of hydrogen-bond donors (Lipinski definition) is 1. The highest BCUT2D eigenvalue weighted by Crippen LogP contribution is 2.20. The zero-order valence-electron chi connectivity index (χ0n) is 9.69. The van der Waals surface area contributed by atoms with E-state index in [1.54, 1.807) is 7.11 Å². The molecule has 1 rings (SSSR count). The highest BCUT2D eigenvalue weighted by Gasteiger charge is 2.14. The van der Waals surface area contributed by atoms with E-state index >= 15 is 0 Å². The summed E-state index contributed by atoms with van der Waals surface area (Å²) < 4.78 is 5.10. The third-order valence-electron chi connectivity index (χ3n) is 2.50. The molecule has 1 heterocycles. The van der Waals surface area contributed by atoms with Crippen molar-refractivity contribution in [3.05, 3.63) is 11.9 Å². The van der Waals surface area contributed by atoms with Crippen LogP contribution in [0.4, 0.5) is 11.6 Å². The fourth-order valence-electron chi connectivity index (χ4n) is 1.37. The molecule has 0 aliphatic heterocycles. The molecule has 0 bridgehead atoms. The highest BCUT2D eigenvalue weighted by atomic mass is 16.5. The van der Waals surface area contributed by atoms with Gasteiger partial charge in [-0.3, -0.25) is 0 Å². The molecule has 0 aliphatic carbocycles. The molecule has 5 nitrogen and oxygen atoms in total. The predicted molar refractivity (Wildman–Crippen MR) is 60.9 cm³/mol. The summed E-state index contributed by atoms with van der Waals surface area (Å²) in [4.78, 5) is 10.2. The minimum Gasteiger partial charge on any atom is -0.383 e. The Balaban J connectivity index is 2.90. The van der Waals surface area contributed by atoms with Gasteiger partial charge in [0.05, 0.1) is 12.6 Å². The molecule has 0 spiro atoms. The van der Waals surface area contributed by atoms with E-state index in [4.69, 9.17) is 10.5 Å². The van der Waals surface area contributed by atoms with Gasteiger partial charge in [-0.2, -0.15) is 0 Å². The van der Waals surface area contributed by atoms with E-state index in [1.807, 2.05) is 18.9 Å². The Morgan fingerprint density at radius 1 is 1.53 bits per heavy atom. The smallest absolute Gasteiger partial charge is 0.137 e. The zero-order valence-corrected chi connectivity index (χ0v) is 9.69. The summed E-state index contributed by atoms with van der Waals surface area (Å²) in [7, 11) is 3.66. The topological polar surface area (TPSA) is 64.3 Å². The van der Waals surface area contributed by atoms with Crippen molar-refractivity contribution >= 4 is 11.6 Å². The van der Waals surface area contributed by atoms with Crippen LogP contribution in [0.15, 0.2) is 6.33 Å². The number of anilines is 2. The summed E-state index contributed by atoms with van der Waals surface area (Å²) in [5, 5.41) is 0. The van der Waals surface area contributed by atoms with Gasteiger partial charge in [0.15, 0.2) is 0 Å². The fourth-order valence-corrected chi connectivity index (χ4v) is 1.37. The van der Waals surface area contributed by atoms with Crippen LogP contribution in [0, 0.1) is 6.92 Å². The molecule has 15 heavy (non-hydrogen) atoms. The molecule has 0 amide bonds. The fraction of sp³-hybridized carbons (Fsp3) is 0.600. The number of likely N-dealkylation sites (N-methyl/N-ethyl adjacent to an activating group) is 1. The van der Waals surface area contributed by atoms with E-state index in [2.05, 4.69) is 16.9 Å². The van der Waals surface area contributed by atoms with Crippen molar-refractivity contribution in [2.75, 3.05) is 31.4 Å². The molecule has 2 N–H and O–H groups in total. The largest absolute Gasteiger partial charge is 0.383 e. The molecule has 5 heteroatoms. The van der Waals surface area contributed by atoms with Gasteiger partial charge in [0, 0.05) is 19.7 Å². The Kier molecular flexibility index (Phi) is 3.85. The maximum Gasteiger partial charge on any atom is 0.137 e. The molecule has 1 aromatic heterocycles. The molecule has 1 atom stereocenters. The lowest BCUT2D eigenvalue weighted by atomic mass is 10.2. The van der Waals surface area contributed by atoms with E-state index in [0.29, 0.717) is 12.4 Å². The number of nitrogens with two attached hydrogens (primary N) is 1. The van der Waals surface area contributed by atoms with E-state index < -0.39 is 0 Å². The van der Waals surface area contributed by atoms with Gasteiger partial charge in [0.25, 0.3) is 0 Å². The first-order valence-electron chi connectivity index (χ1n) is 4.86. The molecule has 1 unspecified atom stereocenters. The summed E-state index contributed by atoms with van der Waals surface area (Å²) >= 11 is 0. The minimum atomic E-state index is 0.253. The average Bonchev–Trinajstić information content (AvgIpc) is 2.21. The number of aromatic nitrogens is 2. The van der Waals surface area contributed by atoms with Crippen molar-refractivity contribution in [2.45, 2.75) is 19.9 Å². The van der Waals surface area contributed by atoms with Crippen molar-refractivity contribution in [1.82, 2.24) is 9.97 Å². The first kappa shape index (κ1) is 11.7. The van der Waals surface area contributed by atoms with E-state index in [9.17, 15) is 0 Å². The van der Waals surface area contributed by atoms with Crippen molar-refractivity contribution < 1.29 is 4.74 Å². The SMILES string of the molecule is COCC(C)N(C)c1ncnc(N)c1C. The molecule has 0 saturated carbocycles. The van der Waals surface area contributed by atoms with Crippen LogP contribution in [-0.2, 0) is 4.74 Å². The zero-order chi connectivity index (χ0) is 11.4. The minimum absolute atomic E-state index is 0.253. The lowest BCUT2D eigenvalue weighted by Crippen LogP contribution is -2.34. The van der Waals surface area contributed by atoms with Crippen LogP contribution in [-0.4, -0.2) is 36.8 Å². The summed E-state index contributed by atoms with van der Waals surface area (Å²) in [6.07, 6.45) is 1.48. The molecular weight excluding hydrogens is 192 g/mol. The van der Waals surface area contributed by atoms with Crippen LogP contribution in [0.25, 0.3) is 0 Å². The Morgan fingerprint density at radius 3 is 2.80 bits per heavy atom. The second kappa shape index (κ2) is 4.93. The molecule has 0 radical (unpaired) electrons. The number of nitrogens with zero attached hydrogens (tertiary/aromatic N) is 3. The molecule has 1 aromatic rings. The van der Waals surface area contributed by atoms with Gasteiger partial charge in [-0.15, -0.1) is 0 Å². The summed E-state index contributed by atoms with van der Waals surface area (Å²) in [6.45, 7) is 4.64. The van der Waals surface area contributed by atoms with Crippen LogP contribution in [0.3, 0.4) is 0 Å². The Hall–Kier alpha value is -1.36. The van der Waals surface area contributed by atoms with Crippen LogP contribution in [0.5, 0.6) is 0 Å². The molecule has 84 valence electrons. The monoisotopic (exact) mass is 210 g/mol. The number of nitrogen functional groups attached to an aromatic ring is 1. The van der Waals surface area contributed by atoms with Gasteiger partial charge in [-0.25, -0.2) is 9.97 Å². The van der Waals surface area contributed by atoms with Crippen molar-refractivity contribution in [2.24, 2.45) is 0 Å². The lowest BCUT2D eigenvalue weighted by molar-refractivity contribution is 0.183. The first-order chi connectivity index (χ1) is 7.07. The first-order valence-corrected chi connectivity index (χ1v) is 4.86. The van der Waals surface area contributed by atoms with E-state index in [-0.39, 0.29) is 6.04 Å². The van der Waals surface area contributed by atoms with Crippen LogP contribution in [0.2, 0.25) is 0 Å². The van der Waals surface area contributed by atoms with Gasteiger partial charge >= 0.3 is 0 Å². The number of rotatable bonds is 4. The van der Waals surface area contributed by atoms with Gasteiger partial charge < -0.3 is 15.4 Å². The van der Waals surface area contributed by atoms with Crippen LogP contribution < -0.4 is 10.6 Å². The van der Waals surface area contributed by atoms with Gasteiger partial charge in [0.2, 0.25) is 0 Å². The number of methoxy groups -OCH3 is 1. The standard InChI is InChI=1S/C10H18N4O/c1-7(5-15-4)14(3)10-8(2)9(11)12-6-13-10/h6-7H,5H2,1-4H3,(H2,11,12,13). The summed E-state index contributed by atoms with van der Waals surface area (Å²) in [5.74, 6) is 1.38. The van der Waals surface area contributed by atoms with Crippen molar-refractivity contribution in [3.63, 3.8) is 0 Å². The average molecular weight is 210 g/mol. The van der Waals surface area contributed by atoms with E-state index in [0.717, 1.165) is 11.4 Å². The van der Waals surface area contributed by atoms with Crippen LogP contribution in [0.1, 0.15) is 12.5 Å². The van der Waals surface area contributed by atoms with Gasteiger partial charge in [-0.05, 0) is 13.8 Å². The Morgan fingerprint density at radius 2 is 2.20 bits per heavy atom. The quantitative estimate of drug-likeness (QED) is 0.797. The third kappa shape index (κ3) is 2.56. The van der Waals surface area contributed by atoms with Gasteiger partial charge in [0.1, 0.15) is 18.0 Å². The molecular formula is C10H18N4O. The second-order valence-electron chi connectivity index (χ2n) is 3.62. The predicted octanol–water partition coefficient (Wildman–Crippen LogP) is 0.838. The summed E-state index contributed by atoms with van der Waals surface area (Å²) in [5.41, 5.74) is 6.63. The molecule has 0 saturated heterocycles. The lowest BCUT2D eigenvalue weighted by Gasteiger charge is -2.26. The molecule has 0 fully saturated rings. The summed E-state index contributed by atoms with van der Waals surface area (Å²) in [6, 6.07) is 0.253. The second-order valence-corrected chi connectivity index (χ2v) is 3.62. The van der Waals surface area contributed by atoms with Crippen molar-refractivity contribution in [1.29, 1.82) is 0 Å². The highest BCUT2D eigenvalue weighted by molar-refractivity contribution is 5.55. The third-order valence-corrected chi connectivity index (χ3v) is 2.50. The Bertz CT molecular complexity index is 329. The van der Waals surface area contributed by atoms with Crippen molar-refractivity contribution in [3.8, 4) is 0 Å². The molecule has 0 aliphatic rings. The maximum atomic E-state index is 5.72. The van der Waals surface area contributed by atoms with Gasteiger partial charge in [-0.1, -0.05) is 0 Å². The number of hydrogen-bond acceptors (Lipinski definition) is 5. The Labute approximate surface area is 90.3 Å². The van der Waals surface area contributed by atoms with E-state index in [1.165, 1.54) is 6.33 Å². The maximum absolute atomic E-state index is 5.72.